The van der Waals surface area contributed by atoms with Gasteiger partial charge < -0.3 is 10.6 Å². The molecule has 1 aromatic heterocycles. The lowest BCUT2D eigenvalue weighted by Crippen LogP contribution is -2.13. The highest BCUT2D eigenvalue weighted by Gasteiger charge is 1.99. The van der Waals surface area contributed by atoms with Gasteiger partial charge >= 0.3 is 0 Å². The highest BCUT2D eigenvalue weighted by molar-refractivity contribution is 5.52. The SMILES string of the molecule is CCNCc1ccnc(Nc2ccccc2)n1. The predicted molar refractivity (Wildman–Crippen MR) is 69.1 cm³/mol. The van der Waals surface area contributed by atoms with E-state index in [2.05, 4.69) is 27.5 Å². The molecule has 4 heteroatoms. The summed E-state index contributed by atoms with van der Waals surface area (Å²) >= 11 is 0. The molecule has 4 nitrogen and oxygen atoms in total. The Morgan fingerprint density at radius 3 is 2.71 bits per heavy atom. The van der Waals surface area contributed by atoms with Crippen LogP contribution in [0.25, 0.3) is 0 Å². The molecule has 0 aliphatic heterocycles. The Balaban J connectivity index is 2.06. The maximum atomic E-state index is 4.42. The average molecular weight is 228 g/mol. The lowest BCUT2D eigenvalue weighted by atomic mass is 10.3. The van der Waals surface area contributed by atoms with Crippen molar-refractivity contribution in [1.29, 1.82) is 0 Å². The lowest BCUT2D eigenvalue weighted by molar-refractivity contribution is 0.709. The fraction of sp³-hybridized carbons (Fsp3) is 0.231. The Labute approximate surface area is 101 Å². The van der Waals surface area contributed by atoms with Crippen molar-refractivity contribution in [3.05, 3.63) is 48.3 Å². The summed E-state index contributed by atoms with van der Waals surface area (Å²) in [5, 5.41) is 6.41. The number of hydrogen-bond acceptors (Lipinski definition) is 4. The van der Waals surface area contributed by atoms with Crippen molar-refractivity contribution in [3.8, 4) is 0 Å². The van der Waals surface area contributed by atoms with Crippen LogP contribution in [0.4, 0.5) is 11.6 Å². The minimum absolute atomic E-state index is 0.631. The molecule has 2 aromatic rings. The molecule has 0 bridgehead atoms. The summed E-state index contributed by atoms with van der Waals surface area (Å²) in [6.07, 6.45) is 1.77. The van der Waals surface area contributed by atoms with Gasteiger partial charge in [0.05, 0.1) is 5.69 Å². The van der Waals surface area contributed by atoms with E-state index in [1.807, 2.05) is 36.4 Å². The standard InChI is InChI=1S/C13H16N4/c1-2-14-10-12-8-9-15-13(17-12)16-11-6-4-3-5-7-11/h3-9,14H,2,10H2,1H3,(H,15,16,17). The minimum atomic E-state index is 0.631. The van der Waals surface area contributed by atoms with E-state index in [9.17, 15) is 0 Å². The van der Waals surface area contributed by atoms with Gasteiger partial charge in [-0.1, -0.05) is 25.1 Å². The van der Waals surface area contributed by atoms with E-state index in [1.54, 1.807) is 6.20 Å². The van der Waals surface area contributed by atoms with Gasteiger partial charge in [-0.15, -0.1) is 0 Å². The molecule has 0 spiro atoms. The Kier molecular flexibility index (Phi) is 4.05. The molecular weight excluding hydrogens is 212 g/mol. The van der Waals surface area contributed by atoms with Gasteiger partial charge in [0.2, 0.25) is 5.95 Å². The second-order valence-corrected chi connectivity index (χ2v) is 3.64. The molecule has 17 heavy (non-hydrogen) atoms. The van der Waals surface area contributed by atoms with E-state index in [-0.39, 0.29) is 0 Å². The van der Waals surface area contributed by atoms with Crippen LogP contribution in [0.2, 0.25) is 0 Å². The summed E-state index contributed by atoms with van der Waals surface area (Å²) in [7, 11) is 0. The van der Waals surface area contributed by atoms with Crippen LogP contribution in [-0.2, 0) is 6.54 Å². The van der Waals surface area contributed by atoms with Crippen LogP contribution in [0.15, 0.2) is 42.6 Å². The van der Waals surface area contributed by atoms with Crippen molar-refractivity contribution in [2.24, 2.45) is 0 Å². The molecule has 88 valence electrons. The number of anilines is 2. The van der Waals surface area contributed by atoms with Crippen molar-refractivity contribution < 1.29 is 0 Å². The molecule has 0 saturated carbocycles. The zero-order chi connectivity index (χ0) is 11.9. The van der Waals surface area contributed by atoms with E-state index in [4.69, 9.17) is 0 Å². The Morgan fingerprint density at radius 2 is 1.94 bits per heavy atom. The number of benzene rings is 1. The highest BCUT2D eigenvalue weighted by Crippen LogP contribution is 2.11. The fourth-order valence-corrected chi connectivity index (χ4v) is 1.46. The van der Waals surface area contributed by atoms with E-state index in [0.717, 1.165) is 24.5 Å². The van der Waals surface area contributed by atoms with Gasteiger partial charge in [-0.25, -0.2) is 9.97 Å². The number of aromatic nitrogens is 2. The molecule has 0 fully saturated rings. The largest absolute Gasteiger partial charge is 0.324 e. The van der Waals surface area contributed by atoms with Crippen LogP contribution in [0.3, 0.4) is 0 Å². The Morgan fingerprint density at radius 1 is 1.12 bits per heavy atom. The number of nitrogens with zero attached hydrogens (tertiary/aromatic N) is 2. The quantitative estimate of drug-likeness (QED) is 0.824. The van der Waals surface area contributed by atoms with Gasteiger partial charge in [0.15, 0.2) is 0 Å². The molecule has 0 amide bonds. The van der Waals surface area contributed by atoms with Crippen LogP contribution in [0.5, 0.6) is 0 Å². The molecule has 0 unspecified atom stereocenters. The van der Waals surface area contributed by atoms with E-state index in [1.165, 1.54) is 0 Å². The molecule has 0 saturated heterocycles. The minimum Gasteiger partial charge on any atom is -0.324 e. The van der Waals surface area contributed by atoms with Gasteiger partial charge in [-0.05, 0) is 24.7 Å². The maximum absolute atomic E-state index is 4.42. The summed E-state index contributed by atoms with van der Waals surface area (Å²) in [6, 6.07) is 11.8. The fourth-order valence-electron chi connectivity index (χ4n) is 1.46. The molecule has 0 radical (unpaired) electrons. The summed E-state index contributed by atoms with van der Waals surface area (Å²) in [5.74, 6) is 0.631. The molecule has 0 atom stereocenters. The molecule has 2 rings (SSSR count). The van der Waals surface area contributed by atoms with Gasteiger partial charge in [0, 0.05) is 18.4 Å². The van der Waals surface area contributed by atoms with Gasteiger partial charge in [0.1, 0.15) is 0 Å². The topological polar surface area (TPSA) is 49.8 Å². The van der Waals surface area contributed by atoms with Crippen molar-refractivity contribution in [1.82, 2.24) is 15.3 Å². The number of rotatable bonds is 5. The second kappa shape index (κ2) is 5.96. The zero-order valence-electron chi connectivity index (χ0n) is 9.85. The monoisotopic (exact) mass is 228 g/mol. The smallest absolute Gasteiger partial charge is 0.227 e. The lowest BCUT2D eigenvalue weighted by Gasteiger charge is -2.06. The van der Waals surface area contributed by atoms with Crippen molar-refractivity contribution in [2.45, 2.75) is 13.5 Å². The molecular formula is C13H16N4. The van der Waals surface area contributed by atoms with Crippen molar-refractivity contribution in [2.75, 3.05) is 11.9 Å². The van der Waals surface area contributed by atoms with Crippen molar-refractivity contribution in [3.63, 3.8) is 0 Å². The molecule has 0 aliphatic rings. The summed E-state index contributed by atoms with van der Waals surface area (Å²) < 4.78 is 0. The summed E-state index contributed by atoms with van der Waals surface area (Å²) in [6.45, 7) is 3.78. The first kappa shape index (κ1) is 11.5. The van der Waals surface area contributed by atoms with E-state index < -0.39 is 0 Å². The Hall–Kier alpha value is -1.94. The van der Waals surface area contributed by atoms with Crippen LogP contribution in [-0.4, -0.2) is 16.5 Å². The van der Waals surface area contributed by atoms with Crippen LogP contribution in [0, 0.1) is 0 Å². The van der Waals surface area contributed by atoms with Crippen LogP contribution < -0.4 is 10.6 Å². The number of para-hydroxylation sites is 1. The predicted octanol–water partition coefficient (Wildman–Crippen LogP) is 2.33. The number of hydrogen-bond donors (Lipinski definition) is 2. The van der Waals surface area contributed by atoms with Crippen LogP contribution in [0.1, 0.15) is 12.6 Å². The number of nitrogens with one attached hydrogen (secondary N) is 2. The third kappa shape index (κ3) is 3.53. The molecule has 1 aromatic carbocycles. The van der Waals surface area contributed by atoms with Gasteiger partial charge in [-0.3, -0.25) is 0 Å². The van der Waals surface area contributed by atoms with Gasteiger partial charge in [-0.2, -0.15) is 0 Å². The van der Waals surface area contributed by atoms with Crippen molar-refractivity contribution >= 4 is 11.6 Å². The molecule has 0 aliphatic carbocycles. The van der Waals surface area contributed by atoms with E-state index >= 15 is 0 Å². The third-order valence-electron chi connectivity index (χ3n) is 2.30. The second-order valence-electron chi connectivity index (χ2n) is 3.64. The van der Waals surface area contributed by atoms with Crippen LogP contribution >= 0.6 is 0 Å². The van der Waals surface area contributed by atoms with E-state index in [0.29, 0.717) is 5.95 Å². The average Bonchev–Trinajstić information content (AvgIpc) is 2.38. The zero-order valence-corrected chi connectivity index (χ0v) is 9.85. The first-order valence-electron chi connectivity index (χ1n) is 5.73. The third-order valence-corrected chi connectivity index (χ3v) is 2.30. The molecule has 2 N–H and O–H groups in total. The highest BCUT2D eigenvalue weighted by atomic mass is 15.1. The summed E-state index contributed by atoms with van der Waals surface area (Å²) in [5.41, 5.74) is 1.98. The normalized spacial score (nSPS) is 10.2. The van der Waals surface area contributed by atoms with Gasteiger partial charge in [0.25, 0.3) is 0 Å². The Bertz CT molecular complexity index is 456. The molecule has 1 heterocycles. The maximum Gasteiger partial charge on any atom is 0.227 e. The summed E-state index contributed by atoms with van der Waals surface area (Å²) in [4.78, 5) is 8.61. The first-order chi connectivity index (χ1) is 8.38. The first-order valence-corrected chi connectivity index (χ1v) is 5.73.